The van der Waals surface area contributed by atoms with Crippen molar-refractivity contribution in [1.82, 2.24) is 30.7 Å². The number of carbonyl (C=O) groups is 8. The van der Waals surface area contributed by atoms with Gasteiger partial charge >= 0.3 is 30.1 Å². The summed E-state index contributed by atoms with van der Waals surface area (Å²) in [6.07, 6.45) is 15.8. The molecule has 0 saturated carbocycles. The molecule has 80 heavy (non-hydrogen) atoms. The summed E-state index contributed by atoms with van der Waals surface area (Å²) in [4.78, 5) is 107. The van der Waals surface area contributed by atoms with Crippen LogP contribution in [0.25, 0.3) is 0 Å². The van der Waals surface area contributed by atoms with E-state index in [4.69, 9.17) is 41.4 Å². The van der Waals surface area contributed by atoms with Crippen molar-refractivity contribution in [2.24, 2.45) is 9.98 Å². The summed E-state index contributed by atoms with van der Waals surface area (Å²) in [7, 11) is 0. The number of allylic oxidation sites excluding steroid dienone is 2. The molecule has 0 aromatic heterocycles. The Bertz CT molecular complexity index is 2310. The minimum absolute atomic E-state index is 0. The number of guanidine groups is 3. The molecule has 0 aromatic carbocycles. The van der Waals surface area contributed by atoms with E-state index in [0.29, 0.717) is 78.9 Å². The molecule has 3 unspecified atom stereocenters. The number of nitrogens with zero attached hydrogens (tertiary/aromatic N) is 5. The second-order valence-corrected chi connectivity index (χ2v) is 20.7. The molecule has 22 nitrogen and oxygen atoms in total. The fourth-order valence-corrected chi connectivity index (χ4v) is 7.29. The van der Waals surface area contributed by atoms with E-state index in [9.17, 15) is 38.4 Å². The Morgan fingerprint density at radius 1 is 0.537 bits per heavy atom. The first kappa shape index (κ1) is 63.2. The molecule has 0 spiro atoms. The van der Waals surface area contributed by atoms with Gasteiger partial charge in [0.15, 0.2) is 5.96 Å². The first-order chi connectivity index (χ1) is 39.9. The summed E-state index contributed by atoms with van der Waals surface area (Å²) in [6, 6.07) is 0. The summed E-state index contributed by atoms with van der Waals surface area (Å²) in [5.74, 6) is -5.44. The fraction of sp³-hybridized carbons (Fsp3) is 0.764. The van der Waals surface area contributed by atoms with E-state index in [2.05, 4.69) is 25.9 Å². The van der Waals surface area contributed by atoms with Crippen LogP contribution in [0.3, 0.4) is 0 Å². The third-order valence-electron chi connectivity index (χ3n) is 11.3. The molecule has 5 amide bonds. The third-order valence-corrected chi connectivity index (χ3v) is 11.3. The van der Waals surface area contributed by atoms with Gasteiger partial charge in [0.1, 0.15) is 49.1 Å². The number of hydrogen-bond donors (Lipinski definition) is 4. The number of ether oxygens (including phenoxy) is 5. The molecule has 3 rings (SSSR count). The predicted molar refractivity (Wildman–Crippen MR) is 295 cm³/mol. The van der Waals surface area contributed by atoms with E-state index in [1.807, 2.05) is 32.9 Å². The predicted octanol–water partition coefficient (Wildman–Crippen LogP) is 8.59. The molecule has 4 N–H and O–H groups in total. The van der Waals surface area contributed by atoms with Gasteiger partial charge in [0, 0.05) is 108 Å². The second kappa shape index (κ2) is 44.3. The Labute approximate surface area is 525 Å². The maximum absolute atomic E-state index is 12.5. The molecule has 3 aliphatic heterocycles. The van der Waals surface area contributed by atoms with Gasteiger partial charge in [-0.1, -0.05) is 71.4 Å². The topological polar surface area (TPSA) is 277 Å². The Morgan fingerprint density at radius 2 is 0.875 bits per heavy atom. The van der Waals surface area contributed by atoms with Crippen LogP contribution >= 0.6 is 0 Å². The van der Waals surface area contributed by atoms with Crippen molar-refractivity contribution in [2.45, 2.75) is 233 Å². The Balaban J connectivity index is -0.00000124. The summed E-state index contributed by atoms with van der Waals surface area (Å²) >= 11 is 0. The molecular weight excluding hydrogens is 1150 g/mol. The van der Waals surface area contributed by atoms with Crippen molar-refractivity contribution in [3.05, 3.63) is 12.2 Å². The van der Waals surface area contributed by atoms with Gasteiger partial charge in [0.25, 0.3) is 0 Å². The van der Waals surface area contributed by atoms with E-state index in [1.54, 1.807) is 41.5 Å². The minimum Gasteiger partial charge on any atom is -0.461 e. The quantitative estimate of drug-likeness (QED) is 0.117. The average molecular weight is 1250 g/mol. The summed E-state index contributed by atoms with van der Waals surface area (Å²) in [6.45, 7) is 4.98. The summed E-state index contributed by atoms with van der Waals surface area (Å²) in [5.41, 5.74) is -1.75. The van der Waals surface area contributed by atoms with Gasteiger partial charge in [0.05, 0.1) is 0 Å². The molecule has 2 saturated heterocycles. The minimum atomic E-state index is -2.87. The largest absolute Gasteiger partial charge is 0.461 e. The zero-order chi connectivity index (χ0) is 65.5. The maximum atomic E-state index is 12.5. The number of esters is 3. The molecule has 3 radical (unpaired) electrons. The SMILES string of the molecule is [2H]C([2H])([2H])N1CC(=O)OC(CC)CC/C=C/CCCC(=O)NC1=NC(=O)OC(C)(C)C.[2H]C([2H])([2H])N1CC(=O)OC(CC)CCCCCCCC(=O)NC1=N.[2H]C([2H])([2H])N1CC(=O)OC(CC)CCCCCCCC(=O)NC1=NC(=O)OC(C)(C)C.[V].[V].[V]. The number of cyclic esters (lactones) is 3. The van der Waals surface area contributed by atoms with Crippen molar-refractivity contribution in [1.29, 1.82) is 5.41 Å². The van der Waals surface area contributed by atoms with E-state index in [1.165, 1.54) is 0 Å². The van der Waals surface area contributed by atoms with E-state index >= 15 is 0 Å². The van der Waals surface area contributed by atoms with Crippen LogP contribution in [0.15, 0.2) is 22.1 Å². The monoisotopic (exact) mass is 1250 g/mol. The molecule has 0 aromatic rings. The fourth-order valence-electron chi connectivity index (χ4n) is 7.29. The van der Waals surface area contributed by atoms with Gasteiger partial charge in [-0.3, -0.25) is 50.1 Å². The molecule has 2 fully saturated rings. The standard InChI is InChI=1S/C20H35N3O5.C20H33N3O5.C15H27N3O3.3V/c2*1-6-15-12-10-8-7-9-11-13-16(24)21-18(23(5)14-17(25)27-15)22-19(26)28-20(2,3)4;1-3-12-9-7-5-4-6-8-10-13(19)17-15(16)18(2)11-14(20)21-12;;;/h15H,6-14H2,1-5H3,(H,21,22,24,26);7-8,15H,6,9-14H2,1-5H3,(H,21,22,24,26);12H,3-11H2,1-2H3,(H2,16,17,19);;;/b;8-7+;;;;/i2*5D3;2D3;;;. The Hall–Kier alpha value is -4.34. The normalized spacial score (nSPS) is 24.5. The number of likely N-dealkylation sites (N-methyl/N-ethyl adjacent to an activating group) is 3. The van der Waals surface area contributed by atoms with Gasteiger partial charge < -0.3 is 38.4 Å². The number of nitrogens with one attached hydrogen (secondary N) is 4. The van der Waals surface area contributed by atoms with Crippen LogP contribution in [-0.2, 0) is 108 Å². The maximum Gasteiger partial charge on any atom is 0.437 e. The van der Waals surface area contributed by atoms with Gasteiger partial charge in [-0.2, -0.15) is 0 Å². The van der Waals surface area contributed by atoms with E-state index in [0.717, 1.165) is 57.8 Å². The Morgan fingerprint density at radius 3 is 1.26 bits per heavy atom. The van der Waals surface area contributed by atoms with E-state index in [-0.39, 0.29) is 93.2 Å². The molecular formula is C55H95N9O13V3. The number of aliphatic imine (C=N–C) groups is 2. The second-order valence-electron chi connectivity index (χ2n) is 20.7. The zero-order valence-corrected chi connectivity index (χ0v) is 52.6. The van der Waals surface area contributed by atoms with Crippen molar-refractivity contribution < 1.29 is 130 Å². The van der Waals surface area contributed by atoms with Crippen molar-refractivity contribution in [3.8, 4) is 0 Å². The van der Waals surface area contributed by atoms with Crippen LogP contribution in [0, 0.1) is 5.41 Å². The van der Waals surface area contributed by atoms with Crippen molar-refractivity contribution in [2.75, 3.05) is 40.6 Å². The van der Waals surface area contributed by atoms with Gasteiger partial charge in [0.2, 0.25) is 29.6 Å². The molecule has 0 bridgehead atoms. The first-order valence-corrected chi connectivity index (χ1v) is 27.0. The van der Waals surface area contributed by atoms with Crippen molar-refractivity contribution in [3.63, 3.8) is 0 Å². The summed E-state index contributed by atoms with van der Waals surface area (Å²) < 4.78 is 95.6. The van der Waals surface area contributed by atoms with Crippen LogP contribution in [0.2, 0.25) is 0 Å². The van der Waals surface area contributed by atoms with Crippen LogP contribution in [-0.4, -0.2) is 150 Å². The van der Waals surface area contributed by atoms with Gasteiger partial charge in [-0.15, -0.1) is 9.98 Å². The molecule has 3 atom stereocenters. The number of carbonyl (C=O) groups excluding carboxylic acids is 8. The number of amides is 5. The van der Waals surface area contributed by atoms with E-state index < -0.39 is 117 Å². The summed E-state index contributed by atoms with van der Waals surface area (Å²) in [5, 5.41) is 14.8. The molecule has 3 heterocycles. The van der Waals surface area contributed by atoms with Crippen LogP contribution in [0.1, 0.15) is 216 Å². The first-order valence-electron chi connectivity index (χ1n) is 31.5. The molecule has 25 heteroatoms. The Kier molecular flexibility index (Phi) is 35.0. The average Bonchev–Trinajstić information content (AvgIpc) is 3.58. The zero-order valence-electron chi connectivity index (χ0n) is 57.4. The van der Waals surface area contributed by atoms with Gasteiger partial charge in [-0.05, 0) is 125 Å². The number of rotatable bonds is 3. The number of hydrogen-bond acceptors (Lipinski definition) is 14. The van der Waals surface area contributed by atoms with Crippen LogP contribution in [0.5, 0.6) is 0 Å². The molecule has 453 valence electrons. The third kappa shape index (κ3) is 40.8. The van der Waals surface area contributed by atoms with Crippen molar-refractivity contribution >= 4 is 65.7 Å². The smallest absolute Gasteiger partial charge is 0.437 e. The molecule has 0 aliphatic carbocycles. The van der Waals surface area contributed by atoms with Crippen LogP contribution in [0.4, 0.5) is 9.59 Å². The van der Waals surface area contributed by atoms with Crippen LogP contribution < -0.4 is 16.0 Å². The van der Waals surface area contributed by atoms with Gasteiger partial charge in [-0.25, -0.2) is 9.59 Å². The molecule has 3 aliphatic rings.